The third-order valence-corrected chi connectivity index (χ3v) is 2.85. The van der Waals surface area contributed by atoms with E-state index >= 15 is 0 Å². The molecule has 0 bridgehead atoms. The molecule has 21 heavy (non-hydrogen) atoms. The van der Waals surface area contributed by atoms with Gasteiger partial charge >= 0.3 is 0 Å². The summed E-state index contributed by atoms with van der Waals surface area (Å²) in [5.41, 5.74) is 6.63. The van der Waals surface area contributed by atoms with Gasteiger partial charge in [-0.3, -0.25) is 4.79 Å². The molecule has 0 unspecified atom stereocenters. The number of hydrogen-bond donors (Lipinski definition) is 2. The largest absolute Gasteiger partial charge is 0.325 e. The number of hydrogen-bond acceptors (Lipinski definition) is 5. The molecule has 1 amide bonds. The quantitative estimate of drug-likeness (QED) is 0.860. The molecule has 0 aliphatic rings. The zero-order chi connectivity index (χ0) is 15.4. The standard InChI is InChI=1S/C13H13FN6O/c1-8-11(14)2-9(4-15)3-12(8)17-13(21)7-20-6-10(5-16)18-19-20/h2-3,6H,5,7,16H2,1H3,(H,17,21). The van der Waals surface area contributed by atoms with Gasteiger partial charge in [-0.05, 0) is 19.1 Å². The minimum atomic E-state index is -0.546. The number of anilines is 1. The summed E-state index contributed by atoms with van der Waals surface area (Å²) >= 11 is 0. The summed E-state index contributed by atoms with van der Waals surface area (Å²) < 4.78 is 14.9. The topological polar surface area (TPSA) is 110 Å². The van der Waals surface area contributed by atoms with Crippen LogP contribution >= 0.6 is 0 Å². The van der Waals surface area contributed by atoms with Gasteiger partial charge in [0.1, 0.15) is 12.4 Å². The van der Waals surface area contributed by atoms with Crippen molar-refractivity contribution in [3.63, 3.8) is 0 Å². The van der Waals surface area contributed by atoms with Crippen LogP contribution in [0.4, 0.5) is 10.1 Å². The molecule has 0 saturated heterocycles. The Morgan fingerprint density at radius 3 is 2.95 bits per heavy atom. The molecular formula is C13H13FN6O. The fourth-order valence-corrected chi connectivity index (χ4v) is 1.72. The lowest BCUT2D eigenvalue weighted by Crippen LogP contribution is -2.20. The Morgan fingerprint density at radius 2 is 2.33 bits per heavy atom. The molecule has 0 saturated carbocycles. The molecule has 0 aliphatic carbocycles. The first kappa shape index (κ1) is 14.6. The summed E-state index contributed by atoms with van der Waals surface area (Å²) in [5.74, 6) is -0.948. The SMILES string of the molecule is Cc1c(F)cc(C#N)cc1NC(=O)Cn1cc(CN)nn1. The highest BCUT2D eigenvalue weighted by molar-refractivity contribution is 5.91. The molecular weight excluding hydrogens is 275 g/mol. The maximum atomic E-state index is 13.6. The van der Waals surface area contributed by atoms with Gasteiger partial charge < -0.3 is 11.1 Å². The fraction of sp³-hybridized carbons (Fsp3) is 0.231. The van der Waals surface area contributed by atoms with E-state index in [9.17, 15) is 9.18 Å². The van der Waals surface area contributed by atoms with Gasteiger partial charge in [-0.2, -0.15) is 5.26 Å². The third kappa shape index (κ3) is 3.40. The van der Waals surface area contributed by atoms with E-state index in [1.807, 2.05) is 6.07 Å². The second-order valence-corrected chi connectivity index (χ2v) is 4.40. The number of carbonyl (C=O) groups excluding carboxylic acids is 1. The number of nitrogens with two attached hydrogens (primary N) is 1. The molecule has 0 radical (unpaired) electrons. The monoisotopic (exact) mass is 288 g/mol. The van der Waals surface area contributed by atoms with E-state index in [4.69, 9.17) is 11.0 Å². The van der Waals surface area contributed by atoms with Gasteiger partial charge in [0.25, 0.3) is 0 Å². The molecule has 1 aromatic heterocycles. The Balaban J connectivity index is 2.12. The van der Waals surface area contributed by atoms with E-state index in [2.05, 4.69) is 15.6 Å². The average molecular weight is 288 g/mol. The lowest BCUT2D eigenvalue weighted by molar-refractivity contribution is -0.116. The molecule has 0 aliphatic heterocycles. The van der Waals surface area contributed by atoms with Crippen LogP contribution in [-0.4, -0.2) is 20.9 Å². The van der Waals surface area contributed by atoms with E-state index in [-0.39, 0.29) is 29.9 Å². The van der Waals surface area contributed by atoms with E-state index < -0.39 is 11.7 Å². The summed E-state index contributed by atoms with van der Waals surface area (Å²) in [6.45, 7) is 1.68. The van der Waals surface area contributed by atoms with Crippen molar-refractivity contribution in [1.82, 2.24) is 15.0 Å². The van der Waals surface area contributed by atoms with Crippen molar-refractivity contribution in [3.05, 3.63) is 41.0 Å². The smallest absolute Gasteiger partial charge is 0.246 e. The van der Waals surface area contributed by atoms with Crippen LogP contribution in [0.25, 0.3) is 0 Å². The minimum Gasteiger partial charge on any atom is -0.325 e. The lowest BCUT2D eigenvalue weighted by Gasteiger charge is -2.09. The van der Waals surface area contributed by atoms with E-state index in [1.54, 1.807) is 6.20 Å². The lowest BCUT2D eigenvalue weighted by atomic mass is 10.1. The number of carbonyl (C=O) groups is 1. The zero-order valence-corrected chi connectivity index (χ0v) is 11.3. The Kier molecular flexibility index (Phi) is 4.25. The number of nitriles is 1. The Bertz CT molecular complexity index is 718. The van der Waals surface area contributed by atoms with Crippen LogP contribution in [0, 0.1) is 24.1 Å². The molecule has 2 rings (SSSR count). The van der Waals surface area contributed by atoms with E-state index in [0.29, 0.717) is 5.69 Å². The van der Waals surface area contributed by atoms with Crippen molar-refractivity contribution in [1.29, 1.82) is 5.26 Å². The number of nitrogens with one attached hydrogen (secondary N) is 1. The summed E-state index contributed by atoms with van der Waals surface area (Å²) in [6.07, 6.45) is 1.55. The van der Waals surface area contributed by atoms with Crippen molar-refractivity contribution < 1.29 is 9.18 Å². The van der Waals surface area contributed by atoms with E-state index in [0.717, 1.165) is 6.07 Å². The molecule has 0 spiro atoms. The molecule has 0 fully saturated rings. The van der Waals surface area contributed by atoms with E-state index in [1.165, 1.54) is 17.7 Å². The van der Waals surface area contributed by atoms with Gasteiger partial charge in [0.15, 0.2) is 0 Å². The van der Waals surface area contributed by atoms with Crippen LogP contribution < -0.4 is 11.1 Å². The molecule has 0 atom stereocenters. The minimum absolute atomic E-state index is 0.0785. The van der Waals surface area contributed by atoms with Crippen LogP contribution in [0.2, 0.25) is 0 Å². The van der Waals surface area contributed by atoms with Crippen molar-refractivity contribution in [2.24, 2.45) is 5.73 Å². The maximum Gasteiger partial charge on any atom is 0.246 e. The first-order chi connectivity index (χ1) is 10.0. The van der Waals surface area contributed by atoms with Gasteiger partial charge in [0.05, 0.1) is 23.5 Å². The van der Waals surface area contributed by atoms with Crippen molar-refractivity contribution in [3.8, 4) is 6.07 Å². The molecule has 8 heteroatoms. The van der Waals surface area contributed by atoms with Gasteiger partial charge in [0, 0.05) is 17.8 Å². The number of halogens is 1. The number of amides is 1. The fourth-order valence-electron chi connectivity index (χ4n) is 1.72. The molecule has 1 aromatic carbocycles. The van der Waals surface area contributed by atoms with Gasteiger partial charge in [0.2, 0.25) is 5.91 Å². The van der Waals surface area contributed by atoms with Crippen LogP contribution in [0.15, 0.2) is 18.3 Å². The molecule has 2 aromatic rings. The van der Waals surface area contributed by atoms with Crippen LogP contribution in [-0.2, 0) is 17.9 Å². The number of aromatic nitrogens is 3. The second kappa shape index (κ2) is 6.11. The number of benzene rings is 1. The summed E-state index contributed by atoms with van der Waals surface area (Å²) in [7, 11) is 0. The van der Waals surface area contributed by atoms with Gasteiger partial charge in [-0.1, -0.05) is 5.21 Å². The normalized spacial score (nSPS) is 10.2. The van der Waals surface area contributed by atoms with Crippen molar-refractivity contribution in [2.75, 3.05) is 5.32 Å². The summed E-state index contributed by atoms with van der Waals surface area (Å²) in [4.78, 5) is 11.9. The second-order valence-electron chi connectivity index (χ2n) is 4.40. The van der Waals surface area contributed by atoms with Gasteiger partial charge in [-0.15, -0.1) is 5.10 Å². The third-order valence-electron chi connectivity index (χ3n) is 2.85. The van der Waals surface area contributed by atoms with Gasteiger partial charge in [-0.25, -0.2) is 9.07 Å². The van der Waals surface area contributed by atoms with Crippen LogP contribution in [0.5, 0.6) is 0 Å². The summed E-state index contributed by atoms with van der Waals surface area (Å²) in [6, 6.07) is 4.38. The van der Waals surface area contributed by atoms with Crippen LogP contribution in [0.3, 0.4) is 0 Å². The van der Waals surface area contributed by atoms with Crippen LogP contribution in [0.1, 0.15) is 16.8 Å². The first-order valence-corrected chi connectivity index (χ1v) is 6.12. The Morgan fingerprint density at radius 1 is 1.57 bits per heavy atom. The molecule has 3 N–H and O–H groups in total. The zero-order valence-electron chi connectivity index (χ0n) is 11.3. The predicted molar refractivity (Wildman–Crippen MR) is 72.4 cm³/mol. The maximum absolute atomic E-state index is 13.6. The highest BCUT2D eigenvalue weighted by Crippen LogP contribution is 2.20. The Hall–Kier alpha value is -2.79. The highest BCUT2D eigenvalue weighted by Gasteiger charge is 2.11. The molecule has 108 valence electrons. The molecule has 7 nitrogen and oxygen atoms in total. The number of rotatable bonds is 4. The average Bonchev–Trinajstić information content (AvgIpc) is 2.91. The first-order valence-electron chi connectivity index (χ1n) is 6.12. The van der Waals surface area contributed by atoms with Crippen molar-refractivity contribution in [2.45, 2.75) is 20.0 Å². The Labute approximate surface area is 120 Å². The molecule has 1 heterocycles. The van der Waals surface area contributed by atoms with Crippen molar-refractivity contribution >= 4 is 11.6 Å². The number of nitrogens with zero attached hydrogens (tertiary/aromatic N) is 4. The predicted octanol–water partition coefficient (Wildman–Crippen LogP) is 0.695. The summed E-state index contributed by atoms with van der Waals surface area (Å²) in [5, 5.41) is 18.9. The highest BCUT2D eigenvalue weighted by atomic mass is 19.1.